The van der Waals surface area contributed by atoms with Crippen molar-refractivity contribution < 1.29 is 20.1 Å². The molecule has 0 aromatic carbocycles. The molecule has 0 saturated carbocycles. The molecule has 0 bridgehead atoms. The molecule has 5 nitrogen and oxygen atoms in total. The Bertz CT molecular complexity index is 998. The van der Waals surface area contributed by atoms with E-state index in [9.17, 15) is 20.1 Å². The standard InChI is InChI=1S/C62H121NO4/c1-3-5-7-9-11-13-15-17-19-21-23-25-27-29-30-31-33-35-37-39-41-43-45-47-49-51-53-55-57-61(66)62(67)63-59(58-64)60(65)56-54-52-50-48-46-44-42-40-38-36-34-32-28-26-24-22-20-18-16-14-12-10-8-6-4-2/h29-30,54,56,59-61,64-66H,3-28,31-53,55,57-58H2,1-2H3,(H,63,67)/b30-29-,56-54+. The van der Waals surface area contributed by atoms with Crippen LogP contribution in [0, 0.1) is 0 Å². The summed E-state index contributed by atoms with van der Waals surface area (Å²) in [7, 11) is 0. The van der Waals surface area contributed by atoms with Gasteiger partial charge in [0.1, 0.15) is 6.10 Å². The van der Waals surface area contributed by atoms with E-state index in [4.69, 9.17) is 0 Å². The number of allylic oxidation sites excluding steroid dienone is 3. The maximum absolute atomic E-state index is 12.6. The summed E-state index contributed by atoms with van der Waals surface area (Å²) >= 11 is 0. The van der Waals surface area contributed by atoms with Gasteiger partial charge in [0.05, 0.1) is 18.8 Å². The summed E-state index contributed by atoms with van der Waals surface area (Å²) in [5, 5.41) is 33.5. The van der Waals surface area contributed by atoms with Gasteiger partial charge >= 0.3 is 0 Å². The van der Waals surface area contributed by atoms with Crippen molar-refractivity contribution in [2.45, 2.75) is 360 Å². The van der Waals surface area contributed by atoms with Crippen LogP contribution in [-0.2, 0) is 4.79 Å². The fourth-order valence-corrected chi connectivity index (χ4v) is 9.77. The number of amides is 1. The fourth-order valence-electron chi connectivity index (χ4n) is 9.77. The average molecular weight is 945 g/mol. The van der Waals surface area contributed by atoms with E-state index in [1.165, 1.54) is 289 Å². The Morgan fingerprint density at radius 2 is 0.597 bits per heavy atom. The van der Waals surface area contributed by atoms with E-state index in [-0.39, 0.29) is 6.61 Å². The summed E-state index contributed by atoms with van der Waals surface area (Å²) < 4.78 is 0. The Kier molecular flexibility index (Phi) is 56.4. The van der Waals surface area contributed by atoms with Crippen molar-refractivity contribution in [3.05, 3.63) is 24.3 Å². The third kappa shape index (κ3) is 52.5. The first-order chi connectivity index (χ1) is 33.1. The molecule has 1 amide bonds. The monoisotopic (exact) mass is 944 g/mol. The highest BCUT2D eigenvalue weighted by Gasteiger charge is 2.22. The van der Waals surface area contributed by atoms with E-state index in [2.05, 4.69) is 31.3 Å². The third-order valence-electron chi connectivity index (χ3n) is 14.5. The molecule has 3 atom stereocenters. The van der Waals surface area contributed by atoms with Gasteiger partial charge < -0.3 is 20.6 Å². The molecule has 0 aromatic rings. The van der Waals surface area contributed by atoms with Crippen LogP contribution in [0.1, 0.15) is 341 Å². The van der Waals surface area contributed by atoms with Gasteiger partial charge in [0.25, 0.3) is 0 Å². The molecule has 0 radical (unpaired) electrons. The van der Waals surface area contributed by atoms with E-state index in [1.807, 2.05) is 6.08 Å². The third-order valence-corrected chi connectivity index (χ3v) is 14.5. The van der Waals surface area contributed by atoms with Crippen LogP contribution in [0.15, 0.2) is 24.3 Å². The van der Waals surface area contributed by atoms with Crippen molar-refractivity contribution in [3.63, 3.8) is 0 Å². The van der Waals surface area contributed by atoms with Crippen molar-refractivity contribution in [2.24, 2.45) is 0 Å². The van der Waals surface area contributed by atoms with Gasteiger partial charge in [-0.2, -0.15) is 0 Å². The van der Waals surface area contributed by atoms with E-state index in [1.54, 1.807) is 6.08 Å². The normalized spacial score (nSPS) is 13.3. The molecular weight excluding hydrogens is 823 g/mol. The zero-order chi connectivity index (χ0) is 48.6. The Hall–Kier alpha value is -1.17. The van der Waals surface area contributed by atoms with Gasteiger partial charge in [-0.15, -0.1) is 0 Å². The first-order valence-electron chi connectivity index (χ1n) is 30.7. The second kappa shape index (κ2) is 57.4. The molecule has 3 unspecified atom stereocenters. The number of unbranched alkanes of at least 4 members (excludes halogenated alkanes) is 47. The zero-order valence-electron chi connectivity index (χ0n) is 45.6. The quantitative estimate of drug-likeness (QED) is 0.0361. The molecule has 0 aliphatic rings. The lowest BCUT2D eigenvalue weighted by Crippen LogP contribution is -2.48. The minimum atomic E-state index is -1.10. The fraction of sp³-hybridized carbons (Fsp3) is 0.919. The van der Waals surface area contributed by atoms with Gasteiger partial charge in [-0.05, 0) is 44.9 Å². The highest BCUT2D eigenvalue weighted by Crippen LogP contribution is 2.18. The van der Waals surface area contributed by atoms with Gasteiger partial charge in [-0.1, -0.05) is 321 Å². The van der Waals surface area contributed by atoms with E-state index >= 15 is 0 Å². The van der Waals surface area contributed by atoms with Gasteiger partial charge in [0.2, 0.25) is 5.91 Å². The predicted octanol–water partition coefficient (Wildman–Crippen LogP) is 19.2. The van der Waals surface area contributed by atoms with Crippen LogP contribution in [0.3, 0.4) is 0 Å². The number of hydrogen-bond donors (Lipinski definition) is 4. The van der Waals surface area contributed by atoms with Crippen molar-refractivity contribution in [2.75, 3.05) is 6.61 Å². The largest absolute Gasteiger partial charge is 0.394 e. The lowest BCUT2D eigenvalue weighted by Gasteiger charge is -2.21. The number of aliphatic hydroxyl groups is 3. The molecule has 0 aliphatic carbocycles. The minimum absolute atomic E-state index is 0.361. The summed E-state index contributed by atoms with van der Waals surface area (Å²) in [6, 6.07) is -0.798. The molecule has 0 spiro atoms. The first-order valence-corrected chi connectivity index (χ1v) is 30.7. The highest BCUT2D eigenvalue weighted by molar-refractivity contribution is 5.80. The van der Waals surface area contributed by atoms with E-state index in [0.717, 1.165) is 32.1 Å². The van der Waals surface area contributed by atoms with Crippen molar-refractivity contribution >= 4 is 5.91 Å². The molecule has 398 valence electrons. The summed E-state index contributed by atoms with van der Waals surface area (Å²) in [6.07, 6.45) is 74.2. The molecule has 0 heterocycles. The predicted molar refractivity (Wildman–Crippen MR) is 296 cm³/mol. The maximum Gasteiger partial charge on any atom is 0.249 e. The zero-order valence-corrected chi connectivity index (χ0v) is 45.6. The van der Waals surface area contributed by atoms with E-state index in [0.29, 0.717) is 6.42 Å². The maximum atomic E-state index is 12.6. The van der Waals surface area contributed by atoms with Gasteiger partial charge in [-0.25, -0.2) is 0 Å². The lowest BCUT2D eigenvalue weighted by atomic mass is 10.0. The van der Waals surface area contributed by atoms with Crippen LogP contribution in [0.5, 0.6) is 0 Å². The van der Waals surface area contributed by atoms with Crippen LogP contribution < -0.4 is 5.32 Å². The first kappa shape index (κ1) is 65.8. The second-order valence-electron chi connectivity index (χ2n) is 21.3. The van der Waals surface area contributed by atoms with Crippen LogP contribution >= 0.6 is 0 Å². The molecule has 67 heavy (non-hydrogen) atoms. The molecular formula is C62H121NO4. The Balaban J connectivity index is 3.53. The van der Waals surface area contributed by atoms with Crippen LogP contribution in [0.2, 0.25) is 0 Å². The number of carbonyl (C=O) groups is 1. The van der Waals surface area contributed by atoms with Gasteiger partial charge in [-0.3, -0.25) is 4.79 Å². The number of rotatable bonds is 57. The van der Waals surface area contributed by atoms with Crippen molar-refractivity contribution in [1.82, 2.24) is 5.32 Å². The molecule has 0 aliphatic heterocycles. The summed E-state index contributed by atoms with van der Waals surface area (Å²) in [5.74, 6) is -0.497. The second-order valence-corrected chi connectivity index (χ2v) is 21.3. The number of aliphatic hydroxyl groups excluding tert-OH is 3. The summed E-state index contributed by atoms with van der Waals surface area (Å²) in [5.41, 5.74) is 0. The number of carbonyl (C=O) groups excluding carboxylic acids is 1. The van der Waals surface area contributed by atoms with Crippen LogP contribution in [0.25, 0.3) is 0 Å². The summed E-state index contributed by atoms with van der Waals surface area (Å²) in [6.45, 7) is 4.23. The van der Waals surface area contributed by atoms with Crippen LogP contribution in [-0.4, -0.2) is 46.1 Å². The highest BCUT2D eigenvalue weighted by atomic mass is 16.3. The smallest absolute Gasteiger partial charge is 0.249 e. The van der Waals surface area contributed by atoms with Crippen molar-refractivity contribution in [3.8, 4) is 0 Å². The van der Waals surface area contributed by atoms with Gasteiger partial charge in [0.15, 0.2) is 0 Å². The SMILES string of the molecule is CCCCCCCCCCCCCC/C=C\CCCCCCCCCCCCCCC(O)C(=O)NC(CO)C(O)/C=C/CCCCCCCCCCCCCCCCCCCCCCCCC. The average Bonchev–Trinajstić information content (AvgIpc) is 3.33. The van der Waals surface area contributed by atoms with Crippen LogP contribution in [0.4, 0.5) is 0 Å². The Morgan fingerprint density at radius 1 is 0.358 bits per heavy atom. The Morgan fingerprint density at radius 3 is 0.866 bits per heavy atom. The van der Waals surface area contributed by atoms with Gasteiger partial charge in [0, 0.05) is 0 Å². The van der Waals surface area contributed by atoms with E-state index < -0.39 is 24.2 Å². The topological polar surface area (TPSA) is 89.8 Å². The Labute approximate surface area is 420 Å². The molecule has 0 saturated heterocycles. The van der Waals surface area contributed by atoms with Crippen molar-refractivity contribution in [1.29, 1.82) is 0 Å². The molecule has 0 rings (SSSR count). The number of hydrogen-bond acceptors (Lipinski definition) is 4. The summed E-state index contributed by atoms with van der Waals surface area (Å²) in [4.78, 5) is 12.6. The molecule has 0 aromatic heterocycles. The molecule has 5 heteroatoms. The molecule has 4 N–H and O–H groups in total. The minimum Gasteiger partial charge on any atom is -0.394 e. The lowest BCUT2D eigenvalue weighted by molar-refractivity contribution is -0.131. The number of nitrogens with one attached hydrogen (secondary N) is 1. The molecule has 0 fully saturated rings.